The fourth-order valence-electron chi connectivity index (χ4n) is 4.17. The summed E-state index contributed by atoms with van der Waals surface area (Å²) in [6.45, 7) is 2.43. The number of hydrogen-bond acceptors (Lipinski definition) is 2. The maximum atomic E-state index is 13.5. The molecule has 3 aromatic rings. The predicted octanol–water partition coefficient (Wildman–Crippen LogP) is 4.77. The van der Waals surface area contributed by atoms with Gasteiger partial charge in [-0.2, -0.15) is 0 Å². The van der Waals surface area contributed by atoms with Crippen molar-refractivity contribution in [3.63, 3.8) is 0 Å². The number of hydrogen-bond donors (Lipinski definition) is 0. The molecule has 0 unspecified atom stereocenters. The first-order chi connectivity index (χ1) is 15.2. The van der Waals surface area contributed by atoms with Crippen LogP contribution in [-0.4, -0.2) is 34.7 Å². The van der Waals surface area contributed by atoms with Crippen LogP contribution in [0.15, 0.2) is 91.0 Å². The zero-order chi connectivity index (χ0) is 21.5. The molecular weight excluding hydrogens is 384 g/mol. The Morgan fingerprint density at radius 1 is 0.710 bits per heavy atom. The Kier molecular flexibility index (Phi) is 6.78. The van der Waals surface area contributed by atoms with E-state index in [-0.39, 0.29) is 17.7 Å². The lowest BCUT2D eigenvalue weighted by Crippen LogP contribution is -2.44. The molecule has 1 aliphatic heterocycles. The van der Waals surface area contributed by atoms with Gasteiger partial charge in [0.2, 0.25) is 5.91 Å². The van der Waals surface area contributed by atoms with Gasteiger partial charge in [0.1, 0.15) is 0 Å². The van der Waals surface area contributed by atoms with Gasteiger partial charge in [-0.1, -0.05) is 78.9 Å². The summed E-state index contributed by atoms with van der Waals surface area (Å²) >= 11 is 0. The first kappa shape index (κ1) is 20.9. The van der Waals surface area contributed by atoms with Gasteiger partial charge >= 0.3 is 0 Å². The summed E-state index contributed by atoms with van der Waals surface area (Å²) in [5.41, 5.74) is 2.97. The molecule has 0 aromatic heterocycles. The Bertz CT molecular complexity index is 940. The van der Waals surface area contributed by atoms with Gasteiger partial charge < -0.3 is 9.80 Å². The number of benzene rings is 3. The van der Waals surface area contributed by atoms with Gasteiger partial charge in [-0.05, 0) is 36.1 Å². The second-order valence-electron chi connectivity index (χ2n) is 8.10. The van der Waals surface area contributed by atoms with Crippen molar-refractivity contribution in [1.82, 2.24) is 9.80 Å². The van der Waals surface area contributed by atoms with Gasteiger partial charge in [0.05, 0.1) is 0 Å². The summed E-state index contributed by atoms with van der Waals surface area (Å²) in [6, 6.07) is 29.6. The number of likely N-dealkylation sites (tertiary alicyclic amines) is 1. The standard InChI is InChI=1S/C27H28N2O2/c30-26(24-14-8-3-9-15-24)28-18-16-25(17-19-28)27(31)29(20-22-10-4-1-5-11-22)21-23-12-6-2-7-13-23/h1-15,25H,16-21H2. The van der Waals surface area contributed by atoms with Gasteiger partial charge in [0.15, 0.2) is 0 Å². The van der Waals surface area contributed by atoms with Crippen molar-refractivity contribution in [3.8, 4) is 0 Å². The molecule has 1 fully saturated rings. The molecule has 0 radical (unpaired) electrons. The largest absolute Gasteiger partial charge is 0.339 e. The molecule has 0 saturated carbocycles. The van der Waals surface area contributed by atoms with E-state index in [2.05, 4.69) is 24.3 Å². The van der Waals surface area contributed by atoms with Gasteiger partial charge in [0.25, 0.3) is 5.91 Å². The van der Waals surface area contributed by atoms with E-state index in [1.165, 1.54) is 0 Å². The number of rotatable bonds is 6. The van der Waals surface area contributed by atoms with Crippen molar-refractivity contribution >= 4 is 11.8 Å². The molecule has 1 saturated heterocycles. The van der Waals surface area contributed by atoms with Crippen LogP contribution < -0.4 is 0 Å². The third-order valence-corrected chi connectivity index (χ3v) is 5.90. The zero-order valence-corrected chi connectivity index (χ0v) is 17.7. The molecule has 4 rings (SSSR count). The molecule has 0 aliphatic carbocycles. The average molecular weight is 413 g/mol. The summed E-state index contributed by atoms with van der Waals surface area (Å²) in [5.74, 6) is 0.184. The van der Waals surface area contributed by atoms with Crippen LogP contribution in [0.25, 0.3) is 0 Å². The van der Waals surface area contributed by atoms with Gasteiger partial charge in [-0.3, -0.25) is 9.59 Å². The molecule has 3 aromatic carbocycles. The first-order valence-electron chi connectivity index (χ1n) is 10.9. The summed E-state index contributed by atoms with van der Waals surface area (Å²) < 4.78 is 0. The van der Waals surface area contributed by atoms with Crippen LogP contribution in [0.5, 0.6) is 0 Å². The molecule has 2 amide bonds. The van der Waals surface area contributed by atoms with E-state index in [9.17, 15) is 9.59 Å². The van der Waals surface area contributed by atoms with Crippen molar-refractivity contribution in [2.75, 3.05) is 13.1 Å². The molecule has 1 heterocycles. The second kappa shape index (κ2) is 10.1. The third-order valence-electron chi connectivity index (χ3n) is 5.90. The summed E-state index contributed by atoms with van der Waals surface area (Å²) in [6.07, 6.45) is 1.41. The molecule has 0 spiro atoms. The molecule has 4 nitrogen and oxygen atoms in total. The lowest BCUT2D eigenvalue weighted by Gasteiger charge is -2.34. The normalized spacial score (nSPS) is 14.3. The molecule has 158 valence electrons. The molecule has 0 atom stereocenters. The lowest BCUT2D eigenvalue weighted by atomic mass is 9.94. The lowest BCUT2D eigenvalue weighted by molar-refractivity contribution is -0.138. The van der Waals surface area contributed by atoms with Crippen LogP contribution in [-0.2, 0) is 17.9 Å². The van der Waals surface area contributed by atoms with Crippen molar-refractivity contribution in [3.05, 3.63) is 108 Å². The molecule has 4 heteroatoms. The maximum absolute atomic E-state index is 13.5. The van der Waals surface area contributed by atoms with Crippen molar-refractivity contribution < 1.29 is 9.59 Å². The smallest absolute Gasteiger partial charge is 0.253 e. The van der Waals surface area contributed by atoms with E-state index in [1.54, 1.807) is 0 Å². The van der Waals surface area contributed by atoms with Crippen molar-refractivity contribution in [2.24, 2.45) is 5.92 Å². The number of carbonyl (C=O) groups is 2. The van der Waals surface area contributed by atoms with Crippen LogP contribution in [0.4, 0.5) is 0 Å². The highest BCUT2D eigenvalue weighted by molar-refractivity contribution is 5.94. The zero-order valence-electron chi connectivity index (χ0n) is 17.7. The number of piperidine rings is 1. The van der Waals surface area contributed by atoms with Crippen molar-refractivity contribution in [2.45, 2.75) is 25.9 Å². The van der Waals surface area contributed by atoms with Gasteiger partial charge in [-0.15, -0.1) is 0 Å². The first-order valence-corrected chi connectivity index (χ1v) is 10.9. The summed E-state index contributed by atoms with van der Waals surface area (Å²) in [4.78, 5) is 30.0. The fourth-order valence-corrected chi connectivity index (χ4v) is 4.17. The van der Waals surface area contributed by atoms with Crippen molar-refractivity contribution in [1.29, 1.82) is 0 Å². The van der Waals surface area contributed by atoms with E-state index >= 15 is 0 Å². The maximum Gasteiger partial charge on any atom is 0.253 e. The highest BCUT2D eigenvalue weighted by atomic mass is 16.2. The number of amides is 2. The van der Waals surface area contributed by atoms with Crippen LogP contribution in [0, 0.1) is 5.92 Å². The third kappa shape index (κ3) is 5.40. The van der Waals surface area contributed by atoms with Gasteiger partial charge in [0, 0.05) is 37.7 Å². The van der Waals surface area contributed by atoms with E-state index in [4.69, 9.17) is 0 Å². The number of nitrogens with zero attached hydrogens (tertiary/aromatic N) is 2. The van der Waals surface area contributed by atoms with Crippen LogP contribution >= 0.6 is 0 Å². The Balaban J connectivity index is 1.42. The van der Waals surface area contributed by atoms with Crippen LogP contribution in [0.3, 0.4) is 0 Å². The van der Waals surface area contributed by atoms with Crippen LogP contribution in [0.1, 0.15) is 34.3 Å². The predicted molar refractivity (Wildman–Crippen MR) is 122 cm³/mol. The molecular formula is C27H28N2O2. The minimum atomic E-state index is -0.0488. The minimum Gasteiger partial charge on any atom is -0.339 e. The molecule has 0 N–H and O–H groups in total. The Labute approximate surface area is 184 Å². The second-order valence-corrected chi connectivity index (χ2v) is 8.10. The van der Waals surface area contributed by atoms with Crippen LogP contribution in [0.2, 0.25) is 0 Å². The topological polar surface area (TPSA) is 40.6 Å². The Hall–Kier alpha value is -3.40. The quantitative estimate of drug-likeness (QED) is 0.585. The van der Waals surface area contributed by atoms with Gasteiger partial charge in [-0.25, -0.2) is 0 Å². The fraction of sp³-hybridized carbons (Fsp3) is 0.259. The monoisotopic (exact) mass is 412 g/mol. The molecule has 1 aliphatic rings. The average Bonchev–Trinajstić information content (AvgIpc) is 2.85. The van der Waals surface area contributed by atoms with E-state index in [0.29, 0.717) is 44.6 Å². The summed E-state index contributed by atoms with van der Waals surface area (Å²) in [7, 11) is 0. The highest BCUT2D eigenvalue weighted by Gasteiger charge is 2.30. The van der Waals surface area contributed by atoms with E-state index < -0.39 is 0 Å². The van der Waals surface area contributed by atoms with E-state index in [1.807, 2.05) is 76.5 Å². The SMILES string of the molecule is O=C(c1ccccc1)N1CCC(C(=O)N(Cc2ccccc2)Cc2ccccc2)CC1. The molecule has 31 heavy (non-hydrogen) atoms. The summed E-state index contributed by atoms with van der Waals surface area (Å²) in [5, 5.41) is 0. The van der Waals surface area contributed by atoms with E-state index in [0.717, 1.165) is 11.1 Å². The molecule has 0 bridgehead atoms. The number of carbonyl (C=O) groups excluding carboxylic acids is 2. The minimum absolute atomic E-state index is 0.0488. The Morgan fingerprint density at radius 3 is 1.65 bits per heavy atom. The highest BCUT2D eigenvalue weighted by Crippen LogP contribution is 2.23. The Morgan fingerprint density at radius 2 is 1.16 bits per heavy atom.